The summed E-state index contributed by atoms with van der Waals surface area (Å²) in [5, 5.41) is 4.46. The first-order valence-electron chi connectivity index (χ1n) is 6.48. The molecule has 1 aromatic carbocycles. The molecule has 104 valence electrons. The molecule has 0 spiro atoms. The number of anilines is 2. The Kier molecular flexibility index (Phi) is 3.46. The summed E-state index contributed by atoms with van der Waals surface area (Å²) >= 11 is 0. The van der Waals surface area contributed by atoms with Crippen molar-refractivity contribution in [3.8, 4) is 23.1 Å². The molecule has 0 saturated carbocycles. The van der Waals surface area contributed by atoms with E-state index in [4.69, 9.17) is 11.5 Å². The Balaban J connectivity index is 2.57. The number of aromatic nitrogens is 2. The molecule has 20 heavy (non-hydrogen) atoms. The van der Waals surface area contributed by atoms with Gasteiger partial charge in [0, 0.05) is 35.6 Å². The van der Waals surface area contributed by atoms with Gasteiger partial charge in [-0.2, -0.15) is 5.10 Å². The average Bonchev–Trinajstić information content (AvgIpc) is 2.70. The zero-order valence-electron chi connectivity index (χ0n) is 12.4. The standard InChI is InChI=1S/C16H20N4/c1-16(2,3)8-7-11-10-20(4)19-15(11)13-9-12(17)5-6-14(13)18/h5-6,9-10H,17-18H2,1-4H3. The van der Waals surface area contributed by atoms with Crippen molar-refractivity contribution in [1.29, 1.82) is 0 Å². The highest BCUT2D eigenvalue weighted by Gasteiger charge is 2.13. The van der Waals surface area contributed by atoms with E-state index in [1.54, 1.807) is 16.8 Å². The Hall–Kier alpha value is -2.41. The maximum Gasteiger partial charge on any atom is 0.110 e. The van der Waals surface area contributed by atoms with Crippen LogP contribution in [0.5, 0.6) is 0 Å². The summed E-state index contributed by atoms with van der Waals surface area (Å²) in [5.41, 5.74) is 15.6. The molecule has 1 aromatic heterocycles. The van der Waals surface area contributed by atoms with Crippen LogP contribution in [0.4, 0.5) is 11.4 Å². The Morgan fingerprint density at radius 3 is 2.55 bits per heavy atom. The quantitative estimate of drug-likeness (QED) is 0.617. The lowest BCUT2D eigenvalue weighted by atomic mass is 9.97. The van der Waals surface area contributed by atoms with Gasteiger partial charge in [-0.25, -0.2) is 0 Å². The molecule has 0 saturated heterocycles. The third-order valence-electron chi connectivity index (χ3n) is 2.73. The SMILES string of the molecule is Cn1cc(C#CC(C)(C)C)c(-c2cc(N)ccc2N)n1. The number of aryl methyl sites for hydroxylation is 1. The number of nitrogens with two attached hydrogens (primary N) is 2. The minimum atomic E-state index is -0.0611. The first-order chi connectivity index (χ1) is 9.26. The molecular formula is C16H20N4. The van der Waals surface area contributed by atoms with Gasteiger partial charge in [-0.1, -0.05) is 11.8 Å². The Bertz CT molecular complexity index is 693. The predicted octanol–water partition coefficient (Wildman–Crippen LogP) is 2.65. The number of hydrogen-bond donors (Lipinski definition) is 2. The van der Waals surface area contributed by atoms with Crippen molar-refractivity contribution in [3.63, 3.8) is 0 Å². The molecule has 4 nitrogen and oxygen atoms in total. The van der Waals surface area contributed by atoms with E-state index in [0.717, 1.165) is 16.8 Å². The first-order valence-corrected chi connectivity index (χ1v) is 6.48. The normalized spacial score (nSPS) is 11.0. The molecule has 0 unspecified atom stereocenters. The van der Waals surface area contributed by atoms with E-state index in [9.17, 15) is 0 Å². The fourth-order valence-electron chi connectivity index (χ4n) is 1.81. The summed E-state index contributed by atoms with van der Waals surface area (Å²) < 4.78 is 1.74. The van der Waals surface area contributed by atoms with E-state index in [2.05, 4.69) is 37.7 Å². The highest BCUT2D eigenvalue weighted by atomic mass is 15.2. The maximum atomic E-state index is 6.03. The molecule has 0 aliphatic rings. The van der Waals surface area contributed by atoms with Crippen molar-refractivity contribution in [1.82, 2.24) is 9.78 Å². The Labute approximate surface area is 119 Å². The molecule has 2 aromatic rings. The van der Waals surface area contributed by atoms with Gasteiger partial charge >= 0.3 is 0 Å². The molecule has 4 N–H and O–H groups in total. The van der Waals surface area contributed by atoms with Crippen molar-refractivity contribution in [2.75, 3.05) is 11.5 Å². The fraction of sp³-hybridized carbons (Fsp3) is 0.312. The number of nitrogen functional groups attached to an aromatic ring is 2. The third kappa shape index (κ3) is 3.12. The van der Waals surface area contributed by atoms with Crippen LogP contribution in [0, 0.1) is 17.3 Å². The van der Waals surface area contributed by atoms with Crippen LogP contribution in [0.2, 0.25) is 0 Å². The average molecular weight is 268 g/mol. The summed E-state index contributed by atoms with van der Waals surface area (Å²) in [5.74, 6) is 6.41. The minimum Gasteiger partial charge on any atom is -0.399 e. The largest absolute Gasteiger partial charge is 0.399 e. The summed E-state index contributed by atoms with van der Waals surface area (Å²) in [6.07, 6.45) is 1.90. The van der Waals surface area contributed by atoms with Gasteiger partial charge < -0.3 is 11.5 Å². The Morgan fingerprint density at radius 2 is 1.90 bits per heavy atom. The molecule has 0 amide bonds. The van der Waals surface area contributed by atoms with Crippen LogP contribution >= 0.6 is 0 Å². The Morgan fingerprint density at radius 1 is 1.20 bits per heavy atom. The van der Waals surface area contributed by atoms with E-state index >= 15 is 0 Å². The molecule has 0 fully saturated rings. The third-order valence-corrected chi connectivity index (χ3v) is 2.73. The maximum absolute atomic E-state index is 6.03. The number of benzene rings is 1. The topological polar surface area (TPSA) is 69.9 Å². The van der Waals surface area contributed by atoms with Crippen molar-refractivity contribution < 1.29 is 0 Å². The lowest BCUT2D eigenvalue weighted by Crippen LogP contribution is -1.99. The zero-order valence-corrected chi connectivity index (χ0v) is 12.4. The summed E-state index contributed by atoms with van der Waals surface area (Å²) in [7, 11) is 1.87. The second kappa shape index (κ2) is 4.93. The second-order valence-corrected chi connectivity index (χ2v) is 5.91. The number of nitrogens with zero attached hydrogens (tertiary/aromatic N) is 2. The van der Waals surface area contributed by atoms with Crippen molar-refractivity contribution in [2.24, 2.45) is 12.5 Å². The van der Waals surface area contributed by atoms with Crippen molar-refractivity contribution in [3.05, 3.63) is 30.0 Å². The van der Waals surface area contributed by atoms with Crippen LogP contribution < -0.4 is 11.5 Å². The molecule has 4 heteroatoms. The first kappa shape index (κ1) is 14.0. The fourth-order valence-corrected chi connectivity index (χ4v) is 1.81. The lowest BCUT2D eigenvalue weighted by Gasteiger charge is -2.07. The van der Waals surface area contributed by atoms with Crippen LogP contribution in [0.15, 0.2) is 24.4 Å². The monoisotopic (exact) mass is 268 g/mol. The number of hydrogen-bond acceptors (Lipinski definition) is 3. The van der Waals surface area contributed by atoms with Gasteiger partial charge in [-0.3, -0.25) is 4.68 Å². The van der Waals surface area contributed by atoms with Gasteiger partial charge in [0.15, 0.2) is 0 Å². The van der Waals surface area contributed by atoms with Gasteiger partial charge in [0.2, 0.25) is 0 Å². The van der Waals surface area contributed by atoms with Gasteiger partial charge in [0.1, 0.15) is 5.69 Å². The summed E-state index contributed by atoms with van der Waals surface area (Å²) in [6, 6.07) is 5.41. The van der Waals surface area contributed by atoms with E-state index in [1.807, 2.05) is 19.3 Å². The smallest absolute Gasteiger partial charge is 0.110 e. The summed E-state index contributed by atoms with van der Waals surface area (Å²) in [6.45, 7) is 6.22. The molecular weight excluding hydrogens is 248 g/mol. The minimum absolute atomic E-state index is 0.0611. The van der Waals surface area contributed by atoms with Gasteiger partial charge in [-0.05, 0) is 39.0 Å². The van der Waals surface area contributed by atoms with Gasteiger partial charge in [-0.15, -0.1) is 0 Å². The van der Waals surface area contributed by atoms with Crippen LogP contribution in [0.25, 0.3) is 11.3 Å². The molecule has 2 rings (SSSR count). The second-order valence-electron chi connectivity index (χ2n) is 5.91. The summed E-state index contributed by atoms with van der Waals surface area (Å²) in [4.78, 5) is 0. The van der Waals surface area contributed by atoms with Crippen molar-refractivity contribution in [2.45, 2.75) is 20.8 Å². The zero-order chi connectivity index (χ0) is 14.9. The number of rotatable bonds is 1. The van der Waals surface area contributed by atoms with Crippen molar-refractivity contribution >= 4 is 11.4 Å². The predicted molar refractivity (Wildman–Crippen MR) is 83.8 cm³/mol. The van der Waals surface area contributed by atoms with Crippen LogP contribution in [0.1, 0.15) is 26.3 Å². The van der Waals surface area contributed by atoms with E-state index in [1.165, 1.54) is 0 Å². The highest BCUT2D eigenvalue weighted by Crippen LogP contribution is 2.29. The molecule has 0 atom stereocenters. The van der Waals surface area contributed by atoms with Gasteiger partial charge in [0.05, 0.1) is 5.56 Å². The molecule has 0 bridgehead atoms. The highest BCUT2D eigenvalue weighted by molar-refractivity contribution is 5.80. The van der Waals surface area contributed by atoms with Crippen LogP contribution in [-0.4, -0.2) is 9.78 Å². The van der Waals surface area contributed by atoms with Crippen LogP contribution in [-0.2, 0) is 7.05 Å². The van der Waals surface area contributed by atoms with Gasteiger partial charge in [0.25, 0.3) is 0 Å². The molecule has 1 heterocycles. The van der Waals surface area contributed by atoms with E-state index in [0.29, 0.717) is 11.4 Å². The lowest BCUT2D eigenvalue weighted by molar-refractivity contribution is 0.571. The van der Waals surface area contributed by atoms with E-state index < -0.39 is 0 Å². The molecule has 0 radical (unpaired) electrons. The molecule has 0 aliphatic carbocycles. The van der Waals surface area contributed by atoms with E-state index in [-0.39, 0.29) is 5.41 Å². The van der Waals surface area contributed by atoms with Crippen LogP contribution in [0.3, 0.4) is 0 Å². The molecule has 0 aliphatic heterocycles.